The van der Waals surface area contributed by atoms with Gasteiger partial charge in [0.1, 0.15) is 0 Å². The number of halogens is 1. The number of rotatable bonds is 0. The van der Waals surface area contributed by atoms with E-state index in [2.05, 4.69) is 16.0 Å². The maximum Gasteiger partial charge on any atom is 0.0979 e. The summed E-state index contributed by atoms with van der Waals surface area (Å²) in [5.41, 5.74) is 2.77. The maximum atomic E-state index is 6.13. The Morgan fingerprint density at radius 1 is 1.00 bits per heavy atom. The fourth-order valence-electron chi connectivity index (χ4n) is 1.86. The second-order valence-corrected chi connectivity index (χ2v) is 4.19. The lowest BCUT2D eigenvalue weighted by Gasteiger charge is -2.04. The van der Waals surface area contributed by atoms with Crippen molar-refractivity contribution in [3.63, 3.8) is 0 Å². The summed E-state index contributed by atoms with van der Waals surface area (Å²) in [4.78, 5) is 8.89. The topological polar surface area (TPSA) is 25.8 Å². The van der Waals surface area contributed by atoms with Gasteiger partial charge in [0.2, 0.25) is 0 Å². The highest BCUT2D eigenvalue weighted by Gasteiger charge is 2.05. The predicted octanol–water partition coefficient (Wildman–Crippen LogP) is 3.74. The Labute approximate surface area is 97.9 Å². The molecule has 3 rings (SSSR count). The molecule has 0 bridgehead atoms. The molecule has 0 aliphatic rings. The second kappa shape index (κ2) is 3.42. The van der Waals surface area contributed by atoms with Gasteiger partial charge in [-0.05, 0) is 19.1 Å². The lowest BCUT2D eigenvalue weighted by Crippen LogP contribution is -1.87. The third-order valence-electron chi connectivity index (χ3n) is 2.66. The fraction of sp³-hybridized carbons (Fsp3) is 0.0769. The van der Waals surface area contributed by atoms with E-state index < -0.39 is 0 Å². The van der Waals surface area contributed by atoms with Crippen molar-refractivity contribution in [2.75, 3.05) is 0 Å². The van der Waals surface area contributed by atoms with Gasteiger partial charge in [0.15, 0.2) is 0 Å². The van der Waals surface area contributed by atoms with Crippen molar-refractivity contribution in [2.24, 2.45) is 0 Å². The summed E-state index contributed by atoms with van der Waals surface area (Å²) >= 11 is 6.13. The molecule has 0 aliphatic carbocycles. The van der Waals surface area contributed by atoms with Crippen LogP contribution >= 0.6 is 11.6 Å². The summed E-state index contributed by atoms with van der Waals surface area (Å²) in [5.74, 6) is 0. The average molecular weight is 229 g/mol. The van der Waals surface area contributed by atoms with Crippen molar-refractivity contribution in [3.05, 3.63) is 47.2 Å². The van der Waals surface area contributed by atoms with E-state index in [-0.39, 0.29) is 0 Å². The number of nitrogens with zero attached hydrogens (tertiary/aromatic N) is 2. The first-order chi connectivity index (χ1) is 7.75. The molecule has 0 unspecified atom stereocenters. The lowest BCUT2D eigenvalue weighted by molar-refractivity contribution is 1.25. The first-order valence-electron chi connectivity index (χ1n) is 5.06. The van der Waals surface area contributed by atoms with Gasteiger partial charge >= 0.3 is 0 Å². The van der Waals surface area contributed by atoms with Crippen molar-refractivity contribution >= 4 is 33.4 Å². The first-order valence-corrected chi connectivity index (χ1v) is 5.44. The van der Waals surface area contributed by atoms with Crippen LogP contribution in [0.1, 0.15) is 5.69 Å². The van der Waals surface area contributed by atoms with Gasteiger partial charge in [-0.25, -0.2) is 0 Å². The van der Waals surface area contributed by atoms with Gasteiger partial charge in [-0.3, -0.25) is 9.97 Å². The van der Waals surface area contributed by atoms with Crippen molar-refractivity contribution in [1.82, 2.24) is 9.97 Å². The minimum atomic E-state index is 0.718. The minimum absolute atomic E-state index is 0.718. The van der Waals surface area contributed by atoms with Crippen LogP contribution in [0.15, 0.2) is 36.5 Å². The van der Waals surface area contributed by atoms with E-state index in [1.807, 2.05) is 25.1 Å². The molecule has 2 nitrogen and oxygen atoms in total. The second-order valence-electron chi connectivity index (χ2n) is 3.78. The van der Waals surface area contributed by atoms with Crippen LogP contribution in [-0.2, 0) is 0 Å². The monoisotopic (exact) mass is 228 g/mol. The number of aromatic nitrogens is 2. The molecule has 0 spiro atoms. The Morgan fingerprint density at radius 2 is 1.81 bits per heavy atom. The van der Waals surface area contributed by atoms with Gasteiger partial charge in [-0.2, -0.15) is 0 Å². The summed E-state index contributed by atoms with van der Waals surface area (Å²) in [6.07, 6.45) is 1.72. The summed E-state index contributed by atoms with van der Waals surface area (Å²) < 4.78 is 0. The number of benzene rings is 1. The smallest absolute Gasteiger partial charge is 0.0979 e. The van der Waals surface area contributed by atoms with Gasteiger partial charge < -0.3 is 0 Å². The van der Waals surface area contributed by atoms with Crippen LogP contribution in [0.5, 0.6) is 0 Å². The first kappa shape index (κ1) is 9.55. The predicted molar refractivity (Wildman–Crippen MR) is 66.8 cm³/mol. The largest absolute Gasteiger partial charge is 0.254 e. The Morgan fingerprint density at radius 3 is 2.69 bits per heavy atom. The summed E-state index contributed by atoms with van der Waals surface area (Å²) in [6, 6.07) is 9.87. The van der Waals surface area contributed by atoms with Crippen LogP contribution in [0.3, 0.4) is 0 Å². The molecule has 1 aromatic carbocycles. The molecule has 78 valence electrons. The van der Waals surface area contributed by atoms with Crippen LogP contribution in [0, 0.1) is 6.92 Å². The van der Waals surface area contributed by atoms with E-state index in [4.69, 9.17) is 11.6 Å². The molecule has 0 saturated carbocycles. The van der Waals surface area contributed by atoms with Crippen LogP contribution in [-0.4, -0.2) is 9.97 Å². The van der Waals surface area contributed by atoms with Crippen molar-refractivity contribution < 1.29 is 0 Å². The van der Waals surface area contributed by atoms with Gasteiger partial charge in [0.05, 0.1) is 16.1 Å². The molecule has 0 amide bonds. The Hall–Kier alpha value is -1.67. The molecule has 0 N–H and O–H groups in total. The summed E-state index contributed by atoms with van der Waals surface area (Å²) in [6.45, 7) is 1.98. The molecule has 0 aliphatic heterocycles. The van der Waals surface area contributed by atoms with Crippen LogP contribution < -0.4 is 0 Å². The highest BCUT2D eigenvalue weighted by Crippen LogP contribution is 2.27. The van der Waals surface area contributed by atoms with E-state index in [1.165, 1.54) is 0 Å². The number of aryl methyl sites for hydroxylation is 1. The summed E-state index contributed by atoms with van der Waals surface area (Å²) in [7, 11) is 0. The van der Waals surface area contributed by atoms with Crippen LogP contribution in [0.25, 0.3) is 21.8 Å². The zero-order chi connectivity index (χ0) is 11.1. The average Bonchev–Trinajstić information content (AvgIpc) is 2.29. The van der Waals surface area contributed by atoms with Crippen molar-refractivity contribution in [2.45, 2.75) is 6.92 Å². The van der Waals surface area contributed by atoms with E-state index in [0.717, 1.165) is 32.5 Å². The normalized spacial score (nSPS) is 11.1. The zero-order valence-corrected chi connectivity index (χ0v) is 9.49. The fourth-order valence-corrected chi connectivity index (χ4v) is 2.07. The van der Waals surface area contributed by atoms with E-state index >= 15 is 0 Å². The highest BCUT2D eigenvalue weighted by atomic mass is 35.5. The van der Waals surface area contributed by atoms with Gasteiger partial charge in [0, 0.05) is 22.7 Å². The minimum Gasteiger partial charge on any atom is -0.254 e. The number of hydrogen-bond donors (Lipinski definition) is 0. The summed E-state index contributed by atoms with van der Waals surface area (Å²) in [5, 5.41) is 2.76. The van der Waals surface area contributed by atoms with Gasteiger partial charge in [-0.15, -0.1) is 0 Å². The van der Waals surface area contributed by atoms with Crippen LogP contribution in [0.2, 0.25) is 5.02 Å². The van der Waals surface area contributed by atoms with E-state index in [9.17, 15) is 0 Å². The highest BCUT2D eigenvalue weighted by molar-refractivity contribution is 6.36. The third-order valence-corrected chi connectivity index (χ3v) is 2.99. The third kappa shape index (κ3) is 1.34. The molecular weight excluding hydrogens is 220 g/mol. The Kier molecular flexibility index (Phi) is 2.04. The van der Waals surface area contributed by atoms with Crippen LogP contribution in [0.4, 0.5) is 0 Å². The van der Waals surface area contributed by atoms with E-state index in [1.54, 1.807) is 12.3 Å². The molecule has 0 saturated heterocycles. The van der Waals surface area contributed by atoms with Crippen molar-refractivity contribution in [1.29, 1.82) is 0 Å². The SMILES string of the molecule is Cc1ccc2ccc3c(Cl)ccnc3c2n1. The number of hydrogen-bond acceptors (Lipinski definition) is 2. The number of pyridine rings is 2. The molecule has 0 fully saturated rings. The molecule has 2 heterocycles. The lowest BCUT2D eigenvalue weighted by atomic mass is 10.1. The molecule has 3 aromatic rings. The Bertz CT molecular complexity index is 692. The van der Waals surface area contributed by atoms with Gasteiger partial charge in [0.25, 0.3) is 0 Å². The maximum absolute atomic E-state index is 6.13. The molecule has 3 heteroatoms. The molecule has 16 heavy (non-hydrogen) atoms. The molecule has 2 aromatic heterocycles. The van der Waals surface area contributed by atoms with Gasteiger partial charge in [-0.1, -0.05) is 29.8 Å². The Balaban J connectivity index is 2.58. The molecule has 0 radical (unpaired) electrons. The zero-order valence-electron chi connectivity index (χ0n) is 8.74. The standard InChI is InChI=1S/C13H9ClN2/c1-8-2-3-9-4-5-10-11(14)6-7-15-13(10)12(9)16-8/h2-7H,1H3. The van der Waals surface area contributed by atoms with E-state index in [0.29, 0.717) is 0 Å². The molecule has 0 atom stereocenters. The quantitative estimate of drug-likeness (QED) is 0.548. The molecular formula is C13H9ClN2. The van der Waals surface area contributed by atoms with Crippen molar-refractivity contribution in [3.8, 4) is 0 Å². The number of fused-ring (bicyclic) bond motifs is 3.